The molecule has 0 amide bonds. The summed E-state index contributed by atoms with van der Waals surface area (Å²) in [5, 5.41) is 9.60. The number of hydrogen-bond acceptors (Lipinski definition) is 3. The third kappa shape index (κ3) is 1.86. The van der Waals surface area contributed by atoms with Gasteiger partial charge in [-0.05, 0) is 50.8 Å². The largest absolute Gasteiger partial charge is 0.399 e. The zero-order valence-electron chi connectivity index (χ0n) is 10.6. The summed E-state index contributed by atoms with van der Waals surface area (Å²) in [6.45, 7) is 2.04. The van der Waals surface area contributed by atoms with Crippen molar-refractivity contribution in [3.8, 4) is 0 Å². The summed E-state index contributed by atoms with van der Waals surface area (Å²) in [7, 11) is 0. The van der Waals surface area contributed by atoms with E-state index < -0.39 is 0 Å². The molecular weight excluding hydrogens is 226 g/mol. The molecule has 2 aromatic rings. The van der Waals surface area contributed by atoms with Crippen LogP contribution >= 0.6 is 0 Å². The van der Waals surface area contributed by atoms with Gasteiger partial charge < -0.3 is 15.4 Å². The standard InChI is InChI=1S/C14H19N3O/c1-9-16-13-8-10(15)2-7-14(13)17(9)11-3-5-12(18)6-4-11/h2,7-8,11-12,18H,3-6,15H2,1H3. The molecule has 0 unspecified atom stereocenters. The van der Waals surface area contributed by atoms with E-state index in [-0.39, 0.29) is 6.10 Å². The summed E-state index contributed by atoms with van der Waals surface area (Å²) in [6.07, 6.45) is 3.71. The number of benzene rings is 1. The molecule has 0 saturated heterocycles. The average molecular weight is 245 g/mol. The van der Waals surface area contributed by atoms with Gasteiger partial charge in [-0.15, -0.1) is 0 Å². The summed E-state index contributed by atoms with van der Waals surface area (Å²) in [5.41, 5.74) is 8.68. The highest BCUT2D eigenvalue weighted by Crippen LogP contribution is 2.32. The van der Waals surface area contributed by atoms with Gasteiger partial charge in [-0.1, -0.05) is 0 Å². The maximum absolute atomic E-state index is 9.60. The Hall–Kier alpha value is -1.55. The van der Waals surface area contributed by atoms with Crippen LogP contribution in [0, 0.1) is 6.92 Å². The van der Waals surface area contributed by atoms with Crippen LogP contribution in [0.1, 0.15) is 37.5 Å². The molecule has 96 valence electrons. The van der Waals surface area contributed by atoms with Crippen molar-refractivity contribution in [3.63, 3.8) is 0 Å². The summed E-state index contributed by atoms with van der Waals surface area (Å²) in [6, 6.07) is 6.37. The highest BCUT2D eigenvalue weighted by molar-refractivity contribution is 5.79. The summed E-state index contributed by atoms with van der Waals surface area (Å²) >= 11 is 0. The van der Waals surface area contributed by atoms with Gasteiger partial charge in [0.05, 0.1) is 17.1 Å². The maximum Gasteiger partial charge on any atom is 0.106 e. The molecular formula is C14H19N3O. The molecule has 0 bridgehead atoms. The summed E-state index contributed by atoms with van der Waals surface area (Å²) in [5.74, 6) is 1.04. The predicted octanol–water partition coefficient (Wildman–Crippen LogP) is 2.40. The van der Waals surface area contributed by atoms with E-state index in [0.29, 0.717) is 6.04 Å². The molecule has 0 radical (unpaired) electrons. The summed E-state index contributed by atoms with van der Waals surface area (Å²) < 4.78 is 2.31. The number of nitrogens with zero attached hydrogens (tertiary/aromatic N) is 2. The van der Waals surface area contributed by atoms with Crippen LogP contribution in [-0.4, -0.2) is 20.8 Å². The van der Waals surface area contributed by atoms with Gasteiger partial charge in [-0.2, -0.15) is 0 Å². The Morgan fingerprint density at radius 1 is 1.28 bits per heavy atom. The Morgan fingerprint density at radius 3 is 2.72 bits per heavy atom. The monoisotopic (exact) mass is 245 g/mol. The van der Waals surface area contributed by atoms with E-state index in [2.05, 4.69) is 15.6 Å². The van der Waals surface area contributed by atoms with E-state index in [1.165, 1.54) is 0 Å². The number of anilines is 1. The smallest absolute Gasteiger partial charge is 0.106 e. The van der Waals surface area contributed by atoms with Crippen molar-refractivity contribution < 1.29 is 5.11 Å². The van der Waals surface area contributed by atoms with E-state index >= 15 is 0 Å². The Kier molecular flexibility index (Phi) is 2.74. The Labute approximate surface area is 106 Å². The number of fused-ring (bicyclic) bond motifs is 1. The molecule has 1 fully saturated rings. The number of nitrogens with two attached hydrogens (primary N) is 1. The average Bonchev–Trinajstić information content (AvgIpc) is 2.65. The first-order valence-corrected chi connectivity index (χ1v) is 6.57. The number of imidazole rings is 1. The van der Waals surface area contributed by atoms with E-state index in [1.54, 1.807) is 0 Å². The van der Waals surface area contributed by atoms with Crippen molar-refractivity contribution >= 4 is 16.7 Å². The fraction of sp³-hybridized carbons (Fsp3) is 0.500. The van der Waals surface area contributed by atoms with Crippen molar-refractivity contribution in [2.24, 2.45) is 0 Å². The van der Waals surface area contributed by atoms with Crippen LogP contribution in [0.15, 0.2) is 18.2 Å². The quantitative estimate of drug-likeness (QED) is 0.758. The van der Waals surface area contributed by atoms with Crippen LogP contribution in [0.2, 0.25) is 0 Å². The van der Waals surface area contributed by atoms with Crippen molar-refractivity contribution in [2.45, 2.75) is 44.8 Å². The lowest BCUT2D eigenvalue weighted by atomic mass is 9.93. The molecule has 1 saturated carbocycles. The molecule has 1 heterocycles. The third-order valence-corrected chi connectivity index (χ3v) is 3.92. The van der Waals surface area contributed by atoms with Crippen LogP contribution in [0.4, 0.5) is 5.69 Å². The first kappa shape index (κ1) is 11.5. The highest BCUT2D eigenvalue weighted by Gasteiger charge is 2.23. The van der Waals surface area contributed by atoms with Gasteiger partial charge in [-0.25, -0.2) is 4.98 Å². The molecule has 1 aliphatic carbocycles. The molecule has 4 heteroatoms. The van der Waals surface area contributed by atoms with Crippen molar-refractivity contribution in [3.05, 3.63) is 24.0 Å². The van der Waals surface area contributed by atoms with Gasteiger partial charge in [-0.3, -0.25) is 0 Å². The van der Waals surface area contributed by atoms with Gasteiger partial charge in [0.2, 0.25) is 0 Å². The second-order valence-electron chi connectivity index (χ2n) is 5.24. The molecule has 0 spiro atoms. The van der Waals surface area contributed by atoms with E-state index in [4.69, 9.17) is 5.73 Å². The van der Waals surface area contributed by atoms with Crippen LogP contribution in [0.3, 0.4) is 0 Å². The number of aliphatic hydroxyl groups excluding tert-OH is 1. The van der Waals surface area contributed by atoms with Crippen LogP contribution in [0.5, 0.6) is 0 Å². The summed E-state index contributed by atoms with van der Waals surface area (Å²) in [4.78, 5) is 4.59. The molecule has 0 aliphatic heterocycles. The van der Waals surface area contributed by atoms with E-state index in [0.717, 1.165) is 48.2 Å². The minimum atomic E-state index is -0.119. The van der Waals surface area contributed by atoms with E-state index in [9.17, 15) is 5.11 Å². The van der Waals surface area contributed by atoms with Gasteiger partial charge >= 0.3 is 0 Å². The van der Waals surface area contributed by atoms with Gasteiger partial charge in [0, 0.05) is 11.7 Å². The number of aromatic nitrogens is 2. The zero-order chi connectivity index (χ0) is 12.7. The third-order valence-electron chi connectivity index (χ3n) is 3.92. The number of nitrogen functional groups attached to an aromatic ring is 1. The first-order valence-electron chi connectivity index (χ1n) is 6.57. The van der Waals surface area contributed by atoms with Crippen LogP contribution < -0.4 is 5.73 Å². The fourth-order valence-corrected chi connectivity index (χ4v) is 3.01. The topological polar surface area (TPSA) is 64.1 Å². The maximum atomic E-state index is 9.60. The molecule has 3 rings (SSSR count). The molecule has 1 aromatic heterocycles. The van der Waals surface area contributed by atoms with Crippen LogP contribution in [0.25, 0.3) is 11.0 Å². The van der Waals surface area contributed by atoms with Gasteiger partial charge in [0.25, 0.3) is 0 Å². The highest BCUT2D eigenvalue weighted by atomic mass is 16.3. The van der Waals surface area contributed by atoms with Crippen molar-refractivity contribution in [2.75, 3.05) is 5.73 Å². The number of aryl methyl sites for hydroxylation is 1. The Balaban J connectivity index is 2.03. The zero-order valence-corrected chi connectivity index (χ0v) is 10.6. The minimum Gasteiger partial charge on any atom is -0.399 e. The SMILES string of the molecule is Cc1nc2cc(N)ccc2n1C1CCC(O)CC1. The Bertz CT molecular complexity index is 568. The lowest BCUT2D eigenvalue weighted by Crippen LogP contribution is -2.21. The normalized spacial score (nSPS) is 24.6. The second kappa shape index (κ2) is 4.28. The molecule has 4 nitrogen and oxygen atoms in total. The van der Waals surface area contributed by atoms with Crippen LogP contribution in [-0.2, 0) is 0 Å². The Morgan fingerprint density at radius 2 is 2.00 bits per heavy atom. The molecule has 18 heavy (non-hydrogen) atoms. The molecule has 0 atom stereocenters. The number of rotatable bonds is 1. The molecule has 3 N–H and O–H groups in total. The minimum absolute atomic E-state index is 0.119. The van der Waals surface area contributed by atoms with Gasteiger partial charge in [0.1, 0.15) is 5.82 Å². The van der Waals surface area contributed by atoms with Crippen molar-refractivity contribution in [1.82, 2.24) is 9.55 Å². The fourth-order valence-electron chi connectivity index (χ4n) is 3.01. The molecule has 1 aromatic carbocycles. The first-order chi connectivity index (χ1) is 8.65. The van der Waals surface area contributed by atoms with Crippen molar-refractivity contribution in [1.29, 1.82) is 0 Å². The lowest BCUT2D eigenvalue weighted by Gasteiger charge is -2.27. The lowest BCUT2D eigenvalue weighted by molar-refractivity contribution is 0.111. The second-order valence-corrected chi connectivity index (χ2v) is 5.24. The number of aliphatic hydroxyl groups is 1. The van der Waals surface area contributed by atoms with Gasteiger partial charge in [0.15, 0.2) is 0 Å². The molecule has 1 aliphatic rings. The van der Waals surface area contributed by atoms with E-state index in [1.807, 2.05) is 19.1 Å². The number of hydrogen-bond donors (Lipinski definition) is 2. The predicted molar refractivity (Wildman–Crippen MR) is 72.4 cm³/mol.